The van der Waals surface area contributed by atoms with E-state index in [1.54, 1.807) is 6.08 Å². The van der Waals surface area contributed by atoms with Gasteiger partial charge in [0, 0.05) is 16.9 Å². The lowest BCUT2D eigenvalue weighted by Gasteiger charge is -2.11. The first kappa shape index (κ1) is 11.2. The first-order valence-electron chi connectivity index (χ1n) is 4.83. The quantitative estimate of drug-likeness (QED) is 0.717. The van der Waals surface area contributed by atoms with Crippen LogP contribution in [0.3, 0.4) is 0 Å². The summed E-state index contributed by atoms with van der Waals surface area (Å²) in [6, 6.07) is 1.82. The third-order valence-corrected chi connectivity index (χ3v) is 2.69. The summed E-state index contributed by atoms with van der Waals surface area (Å²) in [7, 11) is 0. The lowest BCUT2D eigenvalue weighted by atomic mass is 9.99. The summed E-state index contributed by atoms with van der Waals surface area (Å²) in [4.78, 5) is 18.5. The summed E-state index contributed by atoms with van der Waals surface area (Å²) in [6.07, 6.45) is 6.04. The summed E-state index contributed by atoms with van der Waals surface area (Å²) >= 11 is 5.18. The third kappa shape index (κ3) is 2.00. The second-order valence-corrected chi connectivity index (χ2v) is 3.92. The molecule has 84 valence electrons. The molecule has 0 atom stereocenters. The van der Waals surface area contributed by atoms with Gasteiger partial charge in [-0.05, 0) is 0 Å². The van der Waals surface area contributed by atoms with E-state index in [4.69, 9.17) is 23.2 Å². The highest BCUT2D eigenvalue weighted by atomic mass is 32.1. The molecule has 0 unspecified atom stereocenters. The summed E-state index contributed by atoms with van der Waals surface area (Å²) in [6.45, 7) is 0. The number of allylic oxidation sites excluding steroid dienone is 4. The molecule has 0 saturated carbocycles. The topological polar surface area (TPSA) is 95.6 Å². The number of nitrogens with two attached hydrogens (primary N) is 1. The summed E-state index contributed by atoms with van der Waals surface area (Å²) in [5.41, 5.74) is 5.72. The van der Waals surface area contributed by atoms with Crippen LogP contribution in [0, 0.1) is 11.3 Å². The molecule has 0 radical (unpaired) electrons. The van der Waals surface area contributed by atoms with E-state index in [1.807, 2.05) is 18.2 Å². The Bertz CT molecular complexity index is 648. The molecule has 3 N–H and O–H groups in total. The molecule has 1 aliphatic rings. The molecule has 6 heteroatoms. The molecule has 0 aliphatic heterocycles. The van der Waals surface area contributed by atoms with Crippen molar-refractivity contribution in [2.45, 2.75) is 6.42 Å². The van der Waals surface area contributed by atoms with Crippen LogP contribution < -0.4 is 11.3 Å². The number of H-pyrrole nitrogens is 1. The van der Waals surface area contributed by atoms with Gasteiger partial charge in [0.1, 0.15) is 11.6 Å². The SMILES string of the molecule is N#Cc1c(C2=CC=CCC2=S)nc(N)[nH]c1=O. The van der Waals surface area contributed by atoms with E-state index in [0.717, 1.165) is 0 Å². The lowest BCUT2D eigenvalue weighted by molar-refractivity contribution is 1.10. The number of nitrogens with one attached hydrogen (secondary N) is 1. The van der Waals surface area contributed by atoms with Crippen molar-refractivity contribution in [3.05, 3.63) is 39.8 Å². The fourth-order valence-corrected chi connectivity index (χ4v) is 1.80. The van der Waals surface area contributed by atoms with Gasteiger partial charge in [-0.2, -0.15) is 5.26 Å². The fourth-order valence-electron chi connectivity index (χ4n) is 1.54. The number of hydrogen-bond acceptors (Lipinski definition) is 5. The van der Waals surface area contributed by atoms with Crippen molar-refractivity contribution in [2.24, 2.45) is 0 Å². The molecule has 17 heavy (non-hydrogen) atoms. The summed E-state index contributed by atoms with van der Waals surface area (Å²) in [5, 5.41) is 8.97. The number of aromatic amines is 1. The Labute approximate surface area is 102 Å². The average Bonchev–Trinajstić information content (AvgIpc) is 2.28. The number of hydrogen-bond donors (Lipinski definition) is 2. The largest absolute Gasteiger partial charge is 0.369 e. The van der Waals surface area contributed by atoms with Crippen LogP contribution in [-0.4, -0.2) is 14.8 Å². The van der Waals surface area contributed by atoms with Crippen LogP contribution >= 0.6 is 12.2 Å². The Morgan fingerprint density at radius 3 is 3.00 bits per heavy atom. The molecule has 0 saturated heterocycles. The summed E-state index contributed by atoms with van der Waals surface area (Å²) < 4.78 is 0. The second-order valence-electron chi connectivity index (χ2n) is 3.42. The number of aromatic nitrogens is 2. The van der Waals surface area contributed by atoms with Gasteiger partial charge in [0.2, 0.25) is 5.95 Å². The Kier molecular flexibility index (Phi) is 2.85. The van der Waals surface area contributed by atoms with Gasteiger partial charge in [-0.15, -0.1) is 0 Å². The van der Waals surface area contributed by atoms with Gasteiger partial charge >= 0.3 is 0 Å². The van der Waals surface area contributed by atoms with Crippen molar-refractivity contribution in [1.82, 2.24) is 9.97 Å². The van der Waals surface area contributed by atoms with Crippen LogP contribution in [0.2, 0.25) is 0 Å². The second kappa shape index (κ2) is 4.31. The molecule has 1 aromatic heterocycles. The van der Waals surface area contributed by atoms with Gasteiger partial charge in [-0.1, -0.05) is 30.4 Å². The molecule has 0 aromatic carbocycles. The number of nitriles is 1. The normalized spacial score (nSPS) is 14.3. The van der Waals surface area contributed by atoms with Crippen LogP contribution in [0.4, 0.5) is 5.95 Å². The Hall–Kier alpha value is -2.26. The zero-order chi connectivity index (χ0) is 12.4. The van der Waals surface area contributed by atoms with Crippen molar-refractivity contribution >= 4 is 28.6 Å². The minimum absolute atomic E-state index is 0.0257. The maximum absolute atomic E-state index is 11.6. The van der Waals surface area contributed by atoms with E-state index in [-0.39, 0.29) is 17.2 Å². The predicted octanol–water partition coefficient (Wildman–Crippen LogP) is 0.937. The highest BCUT2D eigenvalue weighted by Crippen LogP contribution is 2.21. The van der Waals surface area contributed by atoms with Gasteiger partial charge < -0.3 is 5.73 Å². The number of nitrogens with zero attached hydrogens (tertiary/aromatic N) is 2. The van der Waals surface area contributed by atoms with Gasteiger partial charge in [0.25, 0.3) is 5.56 Å². The standard InChI is InChI=1S/C11H8N4OS/c12-5-7-9(14-11(13)15-10(7)16)6-3-1-2-4-8(6)17/h1-3H,4H2,(H3,13,14,15,16). The van der Waals surface area contributed by atoms with Gasteiger partial charge in [-0.3, -0.25) is 9.78 Å². The van der Waals surface area contributed by atoms with Crippen LogP contribution in [0.25, 0.3) is 5.57 Å². The fraction of sp³-hybridized carbons (Fsp3) is 0.0909. The molecule has 5 nitrogen and oxygen atoms in total. The van der Waals surface area contributed by atoms with Crippen molar-refractivity contribution in [3.8, 4) is 6.07 Å². The average molecular weight is 244 g/mol. The number of anilines is 1. The molecule has 1 aromatic rings. The van der Waals surface area contributed by atoms with Crippen molar-refractivity contribution < 1.29 is 0 Å². The first-order valence-corrected chi connectivity index (χ1v) is 5.24. The Morgan fingerprint density at radius 1 is 1.59 bits per heavy atom. The maximum atomic E-state index is 11.6. The van der Waals surface area contributed by atoms with E-state index in [9.17, 15) is 4.79 Å². The molecular formula is C11H8N4OS. The van der Waals surface area contributed by atoms with Crippen molar-refractivity contribution in [1.29, 1.82) is 5.26 Å². The van der Waals surface area contributed by atoms with Crippen LogP contribution in [0.1, 0.15) is 17.7 Å². The number of rotatable bonds is 1. The first-order chi connectivity index (χ1) is 8.13. The minimum atomic E-state index is -0.548. The van der Waals surface area contributed by atoms with Gasteiger partial charge in [0.05, 0.1) is 5.69 Å². The van der Waals surface area contributed by atoms with Crippen LogP contribution in [0.15, 0.2) is 23.0 Å². The van der Waals surface area contributed by atoms with Gasteiger partial charge in [-0.25, -0.2) is 4.98 Å². The smallest absolute Gasteiger partial charge is 0.270 e. The number of nitrogen functional groups attached to an aromatic ring is 1. The van der Waals surface area contributed by atoms with Crippen LogP contribution in [-0.2, 0) is 0 Å². The monoisotopic (exact) mass is 244 g/mol. The van der Waals surface area contributed by atoms with E-state index >= 15 is 0 Å². The molecule has 0 amide bonds. The highest BCUT2D eigenvalue weighted by molar-refractivity contribution is 7.81. The van der Waals surface area contributed by atoms with E-state index in [1.165, 1.54) is 0 Å². The maximum Gasteiger partial charge on any atom is 0.270 e. The molecule has 0 bridgehead atoms. The summed E-state index contributed by atoms with van der Waals surface area (Å²) in [5.74, 6) is -0.0257. The zero-order valence-corrected chi connectivity index (χ0v) is 9.54. The third-order valence-electron chi connectivity index (χ3n) is 2.31. The van der Waals surface area contributed by atoms with Crippen LogP contribution in [0.5, 0.6) is 0 Å². The predicted molar refractivity (Wildman–Crippen MR) is 68.3 cm³/mol. The molecule has 1 heterocycles. The molecular weight excluding hydrogens is 236 g/mol. The Balaban J connectivity index is 2.71. The van der Waals surface area contributed by atoms with E-state index in [0.29, 0.717) is 16.9 Å². The minimum Gasteiger partial charge on any atom is -0.369 e. The van der Waals surface area contributed by atoms with Crippen molar-refractivity contribution in [3.63, 3.8) is 0 Å². The lowest BCUT2D eigenvalue weighted by Crippen LogP contribution is -2.19. The molecule has 0 fully saturated rings. The zero-order valence-electron chi connectivity index (χ0n) is 8.73. The van der Waals surface area contributed by atoms with E-state index < -0.39 is 5.56 Å². The van der Waals surface area contributed by atoms with Gasteiger partial charge in [0.15, 0.2) is 0 Å². The molecule has 0 spiro atoms. The van der Waals surface area contributed by atoms with E-state index in [2.05, 4.69) is 9.97 Å². The van der Waals surface area contributed by atoms with Crippen molar-refractivity contribution in [2.75, 3.05) is 5.73 Å². The Morgan fingerprint density at radius 2 is 2.35 bits per heavy atom. The molecule has 2 rings (SSSR count). The molecule has 1 aliphatic carbocycles. The highest BCUT2D eigenvalue weighted by Gasteiger charge is 2.18. The number of thiocarbonyl (C=S) groups is 1.